The molecule has 2 rings (SSSR count). The summed E-state index contributed by atoms with van der Waals surface area (Å²) in [5.74, 6) is 0.0495. The normalized spacial score (nSPS) is 28.2. The van der Waals surface area contributed by atoms with E-state index < -0.39 is 0 Å². The van der Waals surface area contributed by atoms with Crippen molar-refractivity contribution < 1.29 is 9.53 Å². The van der Waals surface area contributed by atoms with E-state index in [2.05, 4.69) is 24.5 Å². The molecule has 0 aromatic carbocycles. The van der Waals surface area contributed by atoms with Crippen LogP contribution in [0.15, 0.2) is 0 Å². The second kappa shape index (κ2) is 6.02. The smallest absolute Gasteiger partial charge is 0.246 e. The zero-order chi connectivity index (χ0) is 13.0. The molecule has 2 N–H and O–H groups in total. The Balaban J connectivity index is 1.68. The van der Waals surface area contributed by atoms with Gasteiger partial charge in [0.2, 0.25) is 5.91 Å². The zero-order valence-electron chi connectivity index (χ0n) is 11.6. The second-order valence-electron chi connectivity index (χ2n) is 6.26. The fourth-order valence-electron chi connectivity index (χ4n) is 2.99. The summed E-state index contributed by atoms with van der Waals surface area (Å²) in [6.45, 7) is 6.69. The average Bonchev–Trinajstić information content (AvgIpc) is 2.68. The Bertz CT molecular complexity index is 286. The molecule has 1 unspecified atom stereocenters. The number of hydrogen-bond donors (Lipinski definition) is 2. The fourth-order valence-corrected chi connectivity index (χ4v) is 2.99. The summed E-state index contributed by atoms with van der Waals surface area (Å²) in [6.07, 6.45) is 5.81. The zero-order valence-corrected chi connectivity index (χ0v) is 11.6. The van der Waals surface area contributed by atoms with Gasteiger partial charge in [0.25, 0.3) is 0 Å². The third-order valence-electron chi connectivity index (χ3n) is 4.33. The first kappa shape index (κ1) is 13.8. The van der Waals surface area contributed by atoms with E-state index in [4.69, 9.17) is 4.74 Å². The van der Waals surface area contributed by atoms with Gasteiger partial charge in [-0.25, -0.2) is 0 Å². The maximum Gasteiger partial charge on any atom is 0.246 e. The SMILES string of the molecule is CC1(C)CCCC1NC(=O)COC1CCNCC1. The van der Waals surface area contributed by atoms with Crippen molar-refractivity contribution in [2.24, 2.45) is 5.41 Å². The molecule has 4 heteroatoms. The molecule has 1 amide bonds. The van der Waals surface area contributed by atoms with Gasteiger partial charge in [0.15, 0.2) is 0 Å². The van der Waals surface area contributed by atoms with Crippen LogP contribution in [0.5, 0.6) is 0 Å². The molecule has 1 aliphatic carbocycles. The Labute approximate surface area is 110 Å². The third kappa shape index (κ3) is 3.69. The Hall–Kier alpha value is -0.610. The first-order valence-corrected chi connectivity index (χ1v) is 7.19. The van der Waals surface area contributed by atoms with Crippen LogP contribution in [-0.2, 0) is 9.53 Å². The van der Waals surface area contributed by atoms with E-state index in [9.17, 15) is 4.79 Å². The highest BCUT2D eigenvalue weighted by molar-refractivity contribution is 5.77. The van der Waals surface area contributed by atoms with Gasteiger partial charge < -0.3 is 15.4 Å². The van der Waals surface area contributed by atoms with E-state index >= 15 is 0 Å². The highest BCUT2D eigenvalue weighted by Crippen LogP contribution is 2.37. The highest BCUT2D eigenvalue weighted by Gasteiger charge is 2.35. The van der Waals surface area contributed by atoms with E-state index in [0.717, 1.165) is 32.4 Å². The van der Waals surface area contributed by atoms with Crippen molar-refractivity contribution in [3.63, 3.8) is 0 Å². The van der Waals surface area contributed by atoms with Gasteiger partial charge in [-0.3, -0.25) is 4.79 Å². The average molecular weight is 254 g/mol. The van der Waals surface area contributed by atoms with Gasteiger partial charge in [0.05, 0.1) is 6.10 Å². The minimum absolute atomic E-state index is 0.0495. The lowest BCUT2D eigenvalue weighted by Gasteiger charge is -2.28. The summed E-state index contributed by atoms with van der Waals surface area (Å²) in [4.78, 5) is 11.9. The van der Waals surface area contributed by atoms with Crippen LogP contribution in [0.25, 0.3) is 0 Å². The molecule has 0 bridgehead atoms. The standard InChI is InChI=1S/C14H26N2O2/c1-14(2)7-3-4-12(14)16-13(17)10-18-11-5-8-15-9-6-11/h11-12,15H,3-10H2,1-2H3,(H,16,17). The summed E-state index contributed by atoms with van der Waals surface area (Å²) < 4.78 is 5.67. The van der Waals surface area contributed by atoms with Crippen molar-refractivity contribution in [2.75, 3.05) is 19.7 Å². The minimum Gasteiger partial charge on any atom is -0.368 e. The first-order valence-electron chi connectivity index (χ1n) is 7.19. The number of carbonyl (C=O) groups is 1. The van der Waals surface area contributed by atoms with Crippen molar-refractivity contribution in [3.05, 3.63) is 0 Å². The van der Waals surface area contributed by atoms with Crippen LogP contribution in [0.2, 0.25) is 0 Å². The third-order valence-corrected chi connectivity index (χ3v) is 4.33. The molecule has 0 spiro atoms. The molecule has 0 radical (unpaired) electrons. The minimum atomic E-state index is 0.0495. The van der Waals surface area contributed by atoms with Crippen LogP contribution in [-0.4, -0.2) is 37.7 Å². The molecule has 2 fully saturated rings. The molecule has 1 saturated heterocycles. The molecule has 1 aliphatic heterocycles. The van der Waals surface area contributed by atoms with Gasteiger partial charge >= 0.3 is 0 Å². The van der Waals surface area contributed by atoms with E-state index in [-0.39, 0.29) is 24.0 Å². The first-order chi connectivity index (χ1) is 8.58. The van der Waals surface area contributed by atoms with E-state index in [1.165, 1.54) is 12.8 Å². The Kier molecular flexibility index (Phi) is 4.62. The maximum atomic E-state index is 11.9. The second-order valence-corrected chi connectivity index (χ2v) is 6.26. The monoisotopic (exact) mass is 254 g/mol. The van der Waals surface area contributed by atoms with Crippen LogP contribution < -0.4 is 10.6 Å². The predicted octanol–water partition coefficient (Wildman–Crippen LogP) is 1.45. The number of piperidine rings is 1. The van der Waals surface area contributed by atoms with Crippen LogP contribution >= 0.6 is 0 Å². The summed E-state index contributed by atoms with van der Waals surface area (Å²) in [5, 5.41) is 6.42. The van der Waals surface area contributed by atoms with Gasteiger partial charge in [-0.2, -0.15) is 0 Å². The molecule has 2 aliphatic rings. The molecule has 4 nitrogen and oxygen atoms in total. The number of ether oxygens (including phenoxy) is 1. The lowest BCUT2D eigenvalue weighted by molar-refractivity contribution is -0.129. The number of nitrogens with one attached hydrogen (secondary N) is 2. The van der Waals surface area contributed by atoms with Gasteiger partial charge in [0, 0.05) is 6.04 Å². The number of hydrogen-bond acceptors (Lipinski definition) is 3. The van der Waals surface area contributed by atoms with Crippen LogP contribution in [0.4, 0.5) is 0 Å². The van der Waals surface area contributed by atoms with Crippen LogP contribution in [0, 0.1) is 5.41 Å². The van der Waals surface area contributed by atoms with Crippen LogP contribution in [0.3, 0.4) is 0 Å². The Morgan fingerprint density at radius 3 is 2.67 bits per heavy atom. The van der Waals surface area contributed by atoms with Crippen LogP contribution in [0.1, 0.15) is 46.0 Å². The topological polar surface area (TPSA) is 50.4 Å². The van der Waals surface area contributed by atoms with Gasteiger partial charge in [-0.1, -0.05) is 20.3 Å². The molecule has 18 heavy (non-hydrogen) atoms. The van der Waals surface area contributed by atoms with Crippen molar-refractivity contribution >= 4 is 5.91 Å². The van der Waals surface area contributed by atoms with Crippen molar-refractivity contribution in [2.45, 2.75) is 58.1 Å². The van der Waals surface area contributed by atoms with Gasteiger partial charge in [-0.15, -0.1) is 0 Å². The van der Waals surface area contributed by atoms with Crippen molar-refractivity contribution in [3.8, 4) is 0 Å². The predicted molar refractivity (Wildman–Crippen MR) is 71.4 cm³/mol. The molecular formula is C14H26N2O2. The summed E-state index contributed by atoms with van der Waals surface area (Å²) in [7, 11) is 0. The summed E-state index contributed by atoms with van der Waals surface area (Å²) in [5.41, 5.74) is 0.240. The quantitative estimate of drug-likeness (QED) is 0.798. The molecule has 1 saturated carbocycles. The van der Waals surface area contributed by atoms with E-state index in [0.29, 0.717) is 6.04 Å². The number of rotatable bonds is 4. The number of amides is 1. The molecule has 0 aromatic rings. The lowest BCUT2D eigenvalue weighted by Crippen LogP contribution is -2.44. The molecular weight excluding hydrogens is 228 g/mol. The van der Waals surface area contributed by atoms with Gasteiger partial charge in [-0.05, 0) is 44.2 Å². The molecule has 0 aromatic heterocycles. The molecule has 104 valence electrons. The Morgan fingerprint density at radius 1 is 1.33 bits per heavy atom. The largest absolute Gasteiger partial charge is 0.368 e. The van der Waals surface area contributed by atoms with Crippen molar-refractivity contribution in [1.82, 2.24) is 10.6 Å². The Morgan fingerprint density at radius 2 is 2.06 bits per heavy atom. The summed E-state index contributed by atoms with van der Waals surface area (Å²) >= 11 is 0. The molecule has 1 heterocycles. The van der Waals surface area contributed by atoms with Gasteiger partial charge in [0.1, 0.15) is 6.61 Å². The van der Waals surface area contributed by atoms with Crippen molar-refractivity contribution in [1.29, 1.82) is 0 Å². The number of carbonyl (C=O) groups excluding carboxylic acids is 1. The van der Waals surface area contributed by atoms with E-state index in [1.807, 2.05) is 0 Å². The highest BCUT2D eigenvalue weighted by atomic mass is 16.5. The fraction of sp³-hybridized carbons (Fsp3) is 0.929. The lowest BCUT2D eigenvalue weighted by atomic mass is 9.87. The summed E-state index contributed by atoms with van der Waals surface area (Å²) in [6, 6.07) is 0.321. The van der Waals surface area contributed by atoms with E-state index in [1.54, 1.807) is 0 Å². The molecule has 1 atom stereocenters. The maximum absolute atomic E-state index is 11.9.